The maximum Gasteiger partial charge on any atom is 0.301 e. The number of furan rings is 1. The van der Waals surface area contributed by atoms with Crippen LogP contribution in [0, 0.1) is 6.92 Å². The Labute approximate surface area is 112 Å². The number of nitrogens with one attached hydrogen (secondary N) is 1. The second-order valence-corrected chi connectivity index (χ2v) is 6.06. The summed E-state index contributed by atoms with van der Waals surface area (Å²) >= 11 is 1.94. The molecule has 4 nitrogen and oxygen atoms in total. The SMILES string of the molecule is Cc1cc(CSC2CCCCC2)oc1C(=O)NN. The summed E-state index contributed by atoms with van der Waals surface area (Å²) in [7, 11) is 0. The van der Waals surface area contributed by atoms with Gasteiger partial charge in [-0.2, -0.15) is 11.8 Å². The minimum atomic E-state index is -0.360. The molecule has 1 fully saturated rings. The summed E-state index contributed by atoms with van der Waals surface area (Å²) in [5.41, 5.74) is 2.95. The number of thioether (sulfide) groups is 1. The van der Waals surface area contributed by atoms with Crippen molar-refractivity contribution in [3.8, 4) is 0 Å². The first-order valence-electron chi connectivity index (χ1n) is 6.42. The van der Waals surface area contributed by atoms with Crippen LogP contribution in [0.1, 0.15) is 54.0 Å². The fourth-order valence-corrected chi connectivity index (χ4v) is 3.55. The van der Waals surface area contributed by atoms with Crippen LogP contribution in [0.5, 0.6) is 0 Å². The first kappa shape index (κ1) is 13.5. The van der Waals surface area contributed by atoms with E-state index in [1.807, 2.05) is 24.8 Å². The largest absolute Gasteiger partial charge is 0.455 e. The topological polar surface area (TPSA) is 68.3 Å². The van der Waals surface area contributed by atoms with Crippen LogP contribution < -0.4 is 11.3 Å². The van der Waals surface area contributed by atoms with Gasteiger partial charge in [-0.25, -0.2) is 5.84 Å². The van der Waals surface area contributed by atoms with Gasteiger partial charge in [0.2, 0.25) is 0 Å². The molecule has 1 saturated carbocycles. The predicted molar refractivity (Wildman–Crippen MR) is 73.3 cm³/mol. The van der Waals surface area contributed by atoms with E-state index in [0.717, 1.165) is 22.3 Å². The quantitative estimate of drug-likeness (QED) is 0.500. The average Bonchev–Trinajstić information content (AvgIpc) is 2.78. The van der Waals surface area contributed by atoms with Gasteiger partial charge in [-0.15, -0.1) is 0 Å². The minimum absolute atomic E-state index is 0.330. The summed E-state index contributed by atoms with van der Waals surface area (Å²) in [5, 5.41) is 0.746. The number of amides is 1. The molecule has 5 heteroatoms. The highest BCUT2D eigenvalue weighted by Gasteiger charge is 2.17. The molecular formula is C13H20N2O2S. The predicted octanol–water partition coefficient (Wildman–Crippen LogP) is 2.76. The van der Waals surface area contributed by atoms with Gasteiger partial charge >= 0.3 is 5.91 Å². The van der Waals surface area contributed by atoms with Crippen LogP contribution in [0.25, 0.3) is 0 Å². The Hall–Kier alpha value is -0.940. The zero-order valence-corrected chi connectivity index (χ0v) is 11.5. The Morgan fingerprint density at radius 3 is 2.89 bits per heavy atom. The molecule has 0 aromatic carbocycles. The maximum absolute atomic E-state index is 11.4. The molecular weight excluding hydrogens is 248 g/mol. The lowest BCUT2D eigenvalue weighted by Crippen LogP contribution is -2.30. The molecule has 0 radical (unpaired) electrons. The number of carbonyl (C=O) groups is 1. The molecule has 1 aromatic rings. The molecule has 0 bridgehead atoms. The summed E-state index contributed by atoms with van der Waals surface area (Å²) in [6.07, 6.45) is 6.67. The van der Waals surface area contributed by atoms with Gasteiger partial charge in [-0.1, -0.05) is 19.3 Å². The number of rotatable bonds is 4. The second kappa shape index (κ2) is 6.29. The van der Waals surface area contributed by atoms with Gasteiger partial charge in [0.25, 0.3) is 0 Å². The van der Waals surface area contributed by atoms with E-state index >= 15 is 0 Å². The Balaban J connectivity index is 1.91. The van der Waals surface area contributed by atoms with E-state index in [9.17, 15) is 4.79 Å². The number of hydrogen-bond acceptors (Lipinski definition) is 4. The fourth-order valence-electron chi connectivity index (χ4n) is 2.34. The van der Waals surface area contributed by atoms with Crippen molar-refractivity contribution in [3.05, 3.63) is 23.2 Å². The van der Waals surface area contributed by atoms with Gasteiger partial charge in [0.1, 0.15) is 5.76 Å². The Morgan fingerprint density at radius 1 is 1.50 bits per heavy atom. The maximum atomic E-state index is 11.4. The molecule has 0 spiro atoms. The fraction of sp³-hybridized carbons (Fsp3) is 0.615. The highest BCUT2D eigenvalue weighted by atomic mass is 32.2. The first-order valence-corrected chi connectivity index (χ1v) is 7.47. The van der Waals surface area contributed by atoms with Crippen molar-refractivity contribution in [3.63, 3.8) is 0 Å². The summed E-state index contributed by atoms with van der Waals surface area (Å²) in [4.78, 5) is 11.4. The molecule has 0 atom stereocenters. The minimum Gasteiger partial charge on any atom is -0.455 e. The molecule has 100 valence electrons. The normalized spacial score (nSPS) is 16.8. The summed E-state index contributed by atoms with van der Waals surface area (Å²) in [6.45, 7) is 1.86. The second-order valence-electron chi connectivity index (χ2n) is 4.77. The van der Waals surface area contributed by atoms with Gasteiger partial charge in [0.05, 0.1) is 5.75 Å². The number of aryl methyl sites for hydroxylation is 1. The third-order valence-electron chi connectivity index (χ3n) is 3.32. The van der Waals surface area contributed by atoms with Crippen LogP contribution in [0.3, 0.4) is 0 Å². The van der Waals surface area contributed by atoms with Crippen LogP contribution >= 0.6 is 11.8 Å². The van der Waals surface area contributed by atoms with Crippen LogP contribution in [-0.4, -0.2) is 11.2 Å². The van der Waals surface area contributed by atoms with Crippen molar-refractivity contribution in [2.75, 3.05) is 0 Å². The zero-order valence-electron chi connectivity index (χ0n) is 10.7. The van der Waals surface area contributed by atoms with Crippen molar-refractivity contribution in [2.24, 2.45) is 5.84 Å². The summed E-state index contributed by atoms with van der Waals surface area (Å²) < 4.78 is 5.55. The standard InChI is InChI=1S/C13H20N2O2S/c1-9-7-10(17-12(9)13(16)15-14)8-18-11-5-3-2-4-6-11/h7,11H,2-6,8,14H2,1H3,(H,15,16). The first-order chi connectivity index (χ1) is 8.70. The van der Waals surface area contributed by atoms with Gasteiger partial charge in [0, 0.05) is 10.8 Å². The Kier molecular flexibility index (Phi) is 4.72. The number of nitrogen functional groups attached to an aromatic ring is 1. The summed E-state index contributed by atoms with van der Waals surface area (Å²) in [6, 6.07) is 1.93. The van der Waals surface area contributed by atoms with Gasteiger partial charge in [0.15, 0.2) is 5.76 Å². The highest BCUT2D eigenvalue weighted by molar-refractivity contribution is 7.99. The number of nitrogens with two attached hydrogens (primary N) is 1. The van der Waals surface area contributed by atoms with E-state index in [0.29, 0.717) is 5.76 Å². The van der Waals surface area contributed by atoms with E-state index in [1.165, 1.54) is 32.1 Å². The van der Waals surface area contributed by atoms with Crippen LogP contribution in [0.2, 0.25) is 0 Å². The molecule has 1 amide bonds. The van der Waals surface area contributed by atoms with E-state index in [2.05, 4.69) is 5.43 Å². The molecule has 1 aliphatic rings. The van der Waals surface area contributed by atoms with Crippen molar-refractivity contribution in [1.82, 2.24) is 5.43 Å². The van der Waals surface area contributed by atoms with Crippen molar-refractivity contribution in [1.29, 1.82) is 0 Å². The van der Waals surface area contributed by atoms with E-state index in [4.69, 9.17) is 10.3 Å². The van der Waals surface area contributed by atoms with Crippen LogP contribution in [0.4, 0.5) is 0 Å². The average molecular weight is 268 g/mol. The molecule has 1 aliphatic carbocycles. The Bertz CT molecular complexity index is 411. The van der Waals surface area contributed by atoms with Crippen LogP contribution in [0.15, 0.2) is 10.5 Å². The smallest absolute Gasteiger partial charge is 0.301 e. The van der Waals surface area contributed by atoms with E-state index < -0.39 is 0 Å². The van der Waals surface area contributed by atoms with E-state index in [1.54, 1.807) is 0 Å². The lowest BCUT2D eigenvalue weighted by Gasteiger charge is -2.20. The zero-order chi connectivity index (χ0) is 13.0. The Morgan fingerprint density at radius 2 is 2.22 bits per heavy atom. The van der Waals surface area contributed by atoms with E-state index in [-0.39, 0.29) is 5.91 Å². The van der Waals surface area contributed by atoms with Crippen LogP contribution in [-0.2, 0) is 5.75 Å². The third kappa shape index (κ3) is 3.29. The third-order valence-corrected chi connectivity index (χ3v) is 4.71. The lowest BCUT2D eigenvalue weighted by atomic mass is 10.0. The highest BCUT2D eigenvalue weighted by Crippen LogP contribution is 2.31. The molecule has 18 heavy (non-hydrogen) atoms. The van der Waals surface area contributed by atoms with Crippen molar-refractivity contribution in [2.45, 2.75) is 50.0 Å². The number of hydrazine groups is 1. The van der Waals surface area contributed by atoms with Gasteiger partial charge in [-0.05, 0) is 25.8 Å². The van der Waals surface area contributed by atoms with Gasteiger partial charge < -0.3 is 4.42 Å². The summed E-state index contributed by atoms with van der Waals surface area (Å²) in [5.74, 6) is 6.78. The molecule has 0 saturated heterocycles. The molecule has 1 heterocycles. The van der Waals surface area contributed by atoms with Crippen molar-refractivity contribution >= 4 is 17.7 Å². The van der Waals surface area contributed by atoms with Crippen molar-refractivity contribution < 1.29 is 9.21 Å². The van der Waals surface area contributed by atoms with Gasteiger partial charge in [-0.3, -0.25) is 10.2 Å². The number of carbonyl (C=O) groups excluding carboxylic acids is 1. The molecule has 3 N–H and O–H groups in total. The monoisotopic (exact) mass is 268 g/mol. The number of hydrogen-bond donors (Lipinski definition) is 2. The molecule has 2 rings (SSSR count). The molecule has 0 aliphatic heterocycles. The molecule has 0 unspecified atom stereocenters. The lowest BCUT2D eigenvalue weighted by molar-refractivity contribution is 0.0923. The molecule has 1 aromatic heterocycles.